The SMILES string of the molecule is Cc1nc(-c2ccccc2)c2c(N)c(C(N)=O)sc2n1. The summed E-state index contributed by atoms with van der Waals surface area (Å²) in [5.74, 6) is 0.0933. The number of carbonyl (C=O) groups excluding carboxylic acids is 1. The Hall–Kier alpha value is -2.47. The van der Waals surface area contributed by atoms with Gasteiger partial charge in [0, 0.05) is 5.56 Å². The Kier molecular flexibility index (Phi) is 2.87. The molecule has 0 bridgehead atoms. The highest BCUT2D eigenvalue weighted by Crippen LogP contribution is 2.37. The van der Waals surface area contributed by atoms with E-state index in [-0.39, 0.29) is 0 Å². The summed E-state index contributed by atoms with van der Waals surface area (Å²) in [5.41, 5.74) is 13.4. The summed E-state index contributed by atoms with van der Waals surface area (Å²) >= 11 is 1.20. The molecular formula is C14H12N4OS. The van der Waals surface area contributed by atoms with Crippen molar-refractivity contribution < 1.29 is 4.79 Å². The predicted octanol–water partition coefficient (Wildman–Crippen LogP) is 2.35. The molecule has 1 amide bonds. The third-order valence-corrected chi connectivity index (χ3v) is 4.09. The summed E-state index contributed by atoms with van der Waals surface area (Å²) < 4.78 is 0. The Morgan fingerprint density at radius 1 is 1.20 bits per heavy atom. The van der Waals surface area contributed by atoms with Gasteiger partial charge in [-0.3, -0.25) is 4.79 Å². The lowest BCUT2D eigenvalue weighted by molar-refractivity contribution is 0.100. The second kappa shape index (κ2) is 4.57. The monoisotopic (exact) mass is 284 g/mol. The van der Waals surface area contributed by atoms with E-state index >= 15 is 0 Å². The molecule has 0 spiro atoms. The Morgan fingerprint density at radius 2 is 1.90 bits per heavy atom. The molecule has 1 aromatic carbocycles. The lowest BCUT2D eigenvalue weighted by Gasteiger charge is -2.05. The van der Waals surface area contributed by atoms with Gasteiger partial charge in [-0.15, -0.1) is 11.3 Å². The van der Waals surface area contributed by atoms with Gasteiger partial charge in [-0.1, -0.05) is 30.3 Å². The molecule has 5 nitrogen and oxygen atoms in total. The summed E-state index contributed by atoms with van der Waals surface area (Å²) in [7, 11) is 0. The van der Waals surface area contributed by atoms with Crippen molar-refractivity contribution >= 4 is 33.1 Å². The molecule has 0 fully saturated rings. The van der Waals surface area contributed by atoms with Crippen LogP contribution in [0.3, 0.4) is 0 Å². The summed E-state index contributed by atoms with van der Waals surface area (Å²) in [5, 5.41) is 0.695. The molecule has 4 N–H and O–H groups in total. The van der Waals surface area contributed by atoms with Gasteiger partial charge in [-0.25, -0.2) is 9.97 Å². The fraction of sp³-hybridized carbons (Fsp3) is 0.0714. The molecule has 3 aromatic rings. The van der Waals surface area contributed by atoms with Crippen LogP contribution in [0.5, 0.6) is 0 Å². The van der Waals surface area contributed by atoms with Crippen LogP contribution in [0, 0.1) is 6.92 Å². The Labute approximate surface area is 119 Å². The van der Waals surface area contributed by atoms with Crippen LogP contribution in [-0.2, 0) is 0 Å². The largest absolute Gasteiger partial charge is 0.397 e. The highest BCUT2D eigenvalue weighted by Gasteiger charge is 2.19. The number of primary amides is 1. The molecule has 3 rings (SSSR count). The van der Waals surface area contributed by atoms with Crippen molar-refractivity contribution in [2.24, 2.45) is 5.73 Å². The number of nitrogens with zero attached hydrogens (tertiary/aromatic N) is 2. The molecule has 6 heteroatoms. The van der Waals surface area contributed by atoms with Crippen molar-refractivity contribution in [2.75, 3.05) is 5.73 Å². The van der Waals surface area contributed by atoms with Gasteiger partial charge in [0.2, 0.25) is 0 Å². The number of hydrogen-bond acceptors (Lipinski definition) is 5. The van der Waals surface area contributed by atoms with Crippen molar-refractivity contribution in [3.63, 3.8) is 0 Å². The molecule has 20 heavy (non-hydrogen) atoms. The second-order valence-electron chi connectivity index (χ2n) is 4.37. The van der Waals surface area contributed by atoms with Crippen molar-refractivity contribution in [1.29, 1.82) is 0 Å². The van der Waals surface area contributed by atoms with Gasteiger partial charge in [0.1, 0.15) is 15.5 Å². The highest BCUT2D eigenvalue weighted by molar-refractivity contribution is 7.21. The van der Waals surface area contributed by atoms with Gasteiger partial charge >= 0.3 is 0 Å². The quantitative estimate of drug-likeness (QED) is 0.755. The van der Waals surface area contributed by atoms with Gasteiger partial charge in [0.25, 0.3) is 5.91 Å². The van der Waals surface area contributed by atoms with Crippen molar-refractivity contribution in [3.05, 3.63) is 41.0 Å². The van der Waals surface area contributed by atoms with Gasteiger partial charge in [0.15, 0.2) is 0 Å². The molecule has 0 aliphatic heterocycles. The minimum Gasteiger partial charge on any atom is -0.397 e. The average Bonchev–Trinajstić information content (AvgIpc) is 2.76. The number of nitrogen functional groups attached to an aromatic ring is 1. The summed E-state index contributed by atoms with van der Waals surface area (Å²) in [6, 6.07) is 9.68. The van der Waals surface area contributed by atoms with Crippen LogP contribution in [0.4, 0.5) is 5.69 Å². The summed E-state index contributed by atoms with van der Waals surface area (Å²) in [4.78, 5) is 21.3. The zero-order chi connectivity index (χ0) is 14.3. The zero-order valence-electron chi connectivity index (χ0n) is 10.8. The van der Waals surface area contributed by atoms with E-state index in [0.29, 0.717) is 26.6 Å². The van der Waals surface area contributed by atoms with Crippen LogP contribution in [0.2, 0.25) is 0 Å². The minimum atomic E-state index is -0.540. The van der Waals surface area contributed by atoms with Gasteiger partial charge < -0.3 is 11.5 Å². The normalized spacial score (nSPS) is 10.8. The number of fused-ring (bicyclic) bond motifs is 1. The molecule has 0 atom stereocenters. The third kappa shape index (κ3) is 1.90. The number of anilines is 1. The lowest BCUT2D eigenvalue weighted by Crippen LogP contribution is -2.10. The lowest BCUT2D eigenvalue weighted by atomic mass is 10.1. The minimum absolute atomic E-state index is 0.331. The number of amides is 1. The first-order chi connectivity index (χ1) is 9.58. The number of nitrogens with two attached hydrogens (primary N) is 2. The number of carbonyl (C=O) groups is 1. The second-order valence-corrected chi connectivity index (χ2v) is 5.37. The number of benzene rings is 1. The molecule has 0 radical (unpaired) electrons. The number of rotatable bonds is 2. The van der Waals surface area contributed by atoms with Crippen LogP contribution in [0.15, 0.2) is 30.3 Å². The van der Waals surface area contributed by atoms with E-state index < -0.39 is 5.91 Å². The number of aryl methyl sites for hydroxylation is 1. The molecule has 2 aromatic heterocycles. The van der Waals surface area contributed by atoms with Gasteiger partial charge in [0.05, 0.1) is 16.8 Å². The topological polar surface area (TPSA) is 94.9 Å². The molecule has 100 valence electrons. The zero-order valence-corrected chi connectivity index (χ0v) is 11.6. The molecular weight excluding hydrogens is 272 g/mol. The first kappa shape index (κ1) is 12.6. The first-order valence-electron chi connectivity index (χ1n) is 5.99. The van der Waals surface area contributed by atoms with Crippen LogP contribution in [0.25, 0.3) is 21.5 Å². The maximum absolute atomic E-state index is 11.4. The molecule has 0 aliphatic carbocycles. The van der Waals surface area contributed by atoms with Crippen LogP contribution < -0.4 is 11.5 Å². The Bertz CT molecular complexity index is 811. The average molecular weight is 284 g/mol. The summed E-state index contributed by atoms with van der Waals surface area (Å²) in [6.07, 6.45) is 0. The van der Waals surface area contributed by atoms with E-state index in [4.69, 9.17) is 11.5 Å². The number of aromatic nitrogens is 2. The molecule has 2 heterocycles. The van der Waals surface area contributed by atoms with E-state index in [1.807, 2.05) is 37.3 Å². The van der Waals surface area contributed by atoms with Crippen molar-refractivity contribution in [1.82, 2.24) is 9.97 Å². The smallest absolute Gasteiger partial charge is 0.260 e. The maximum Gasteiger partial charge on any atom is 0.260 e. The summed E-state index contributed by atoms with van der Waals surface area (Å²) in [6.45, 7) is 1.81. The van der Waals surface area contributed by atoms with E-state index in [9.17, 15) is 4.79 Å². The molecule has 0 aliphatic rings. The maximum atomic E-state index is 11.4. The fourth-order valence-corrected chi connectivity index (χ4v) is 3.11. The van der Waals surface area contributed by atoms with Crippen LogP contribution in [0.1, 0.15) is 15.5 Å². The number of thiophene rings is 1. The standard InChI is InChI=1S/C14H12N4OS/c1-7-17-11(8-5-3-2-4-6-8)9-10(15)12(13(16)19)20-14(9)18-7/h2-6H,15H2,1H3,(H2,16,19). The Balaban J connectivity index is 2.40. The number of hydrogen-bond donors (Lipinski definition) is 2. The predicted molar refractivity (Wildman–Crippen MR) is 80.5 cm³/mol. The highest BCUT2D eigenvalue weighted by atomic mass is 32.1. The molecule has 0 saturated carbocycles. The van der Waals surface area contributed by atoms with Crippen LogP contribution in [-0.4, -0.2) is 15.9 Å². The molecule has 0 unspecified atom stereocenters. The van der Waals surface area contributed by atoms with E-state index in [2.05, 4.69) is 9.97 Å². The third-order valence-electron chi connectivity index (χ3n) is 2.97. The van der Waals surface area contributed by atoms with E-state index in [1.54, 1.807) is 0 Å². The van der Waals surface area contributed by atoms with E-state index in [1.165, 1.54) is 11.3 Å². The van der Waals surface area contributed by atoms with Gasteiger partial charge in [-0.05, 0) is 6.92 Å². The first-order valence-corrected chi connectivity index (χ1v) is 6.81. The molecule has 0 saturated heterocycles. The van der Waals surface area contributed by atoms with Gasteiger partial charge in [-0.2, -0.15) is 0 Å². The Morgan fingerprint density at radius 3 is 2.55 bits per heavy atom. The van der Waals surface area contributed by atoms with E-state index in [0.717, 1.165) is 11.3 Å². The van der Waals surface area contributed by atoms with Crippen LogP contribution >= 0.6 is 11.3 Å². The van der Waals surface area contributed by atoms with Crippen molar-refractivity contribution in [2.45, 2.75) is 6.92 Å². The fourth-order valence-electron chi connectivity index (χ4n) is 2.12. The van der Waals surface area contributed by atoms with Crippen molar-refractivity contribution in [3.8, 4) is 11.3 Å².